The van der Waals surface area contributed by atoms with E-state index in [2.05, 4.69) is 12.1 Å². The van der Waals surface area contributed by atoms with Gasteiger partial charge in [0.05, 0.1) is 6.61 Å². The minimum absolute atomic E-state index is 0.208. The molecule has 0 aromatic heterocycles. The van der Waals surface area contributed by atoms with E-state index in [-0.39, 0.29) is 6.09 Å². The van der Waals surface area contributed by atoms with E-state index < -0.39 is 0 Å². The van der Waals surface area contributed by atoms with Crippen molar-refractivity contribution in [1.29, 1.82) is 0 Å². The molecule has 2 aromatic rings. The molecule has 0 N–H and O–H groups in total. The van der Waals surface area contributed by atoms with Crippen molar-refractivity contribution < 1.29 is 9.53 Å². The van der Waals surface area contributed by atoms with Gasteiger partial charge in [-0.25, -0.2) is 4.79 Å². The molecule has 2 aromatic carbocycles. The average molecular weight is 281 g/mol. The van der Waals surface area contributed by atoms with Crippen LogP contribution >= 0.6 is 0 Å². The second-order valence-electron chi connectivity index (χ2n) is 5.29. The summed E-state index contributed by atoms with van der Waals surface area (Å²) in [6.45, 7) is 1.82. The normalized spacial score (nSPS) is 13.6. The van der Waals surface area contributed by atoms with Crippen LogP contribution in [0.3, 0.4) is 0 Å². The summed E-state index contributed by atoms with van der Waals surface area (Å²) in [4.78, 5) is 13.9. The Hall–Kier alpha value is -2.29. The summed E-state index contributed by atoms with van der Waals surface area (Å²) in [7, 11) is 0. The van der Waals surface area contributed by atoms with E-state index in [9.17, 15) is 4.79 Å². The number of ether oxygens (including phenoxy) is 1. The van der Waals surface area contributed by atoms with Crippen LogP contribution in [-0.2, 0) is 24.1 Å². The summed E-state index contributed by atoms with van der Waals surface area (Å²) < 4.78 is 5.39. The third-order valence-corrected chi connectivity index (χ3v) is 3.85. The van der Waals surface area contributed by atoms with Crippen LogP contribution in [0.5, 0.6) is 0 Å². The van der Waals surface area contributed by atoms with Gasteiger partial charge in [-0.05, 0) is 23.1 Å². The lowest BCUT2D eigenvalue weighted by Gasteiger charge is -2.28. The van der Waals surface area contributed by atoms with Crippen LogP contribution in [0, 0.1) is 0 Å². The van der Waals surface area contributed by atoms with Gasteiger partial charge in [0, 0.05) is 19.5 Å². The predicted molar refractivity (Wildman–Crippen MR) is 82.1 cm³/mol. The van der Waals surface area contributed by atoms with Gasteiger partial charge in [-0.3, -0.25) is 0 Å². The second kappa shape index (κ2) is 6.44. The highest BCUT2D eigenvalue weighted by Gasteiger charge is 2.21. The zero-order chi connectivity index (χ0) is 14.5. The van der Waals surface area contributed by atoms with Crippen molar-refractivity contribution in [2.75, 3.05) is 13.2 Å². The maximum Gasteiger partial charge on any atom is 0.410 e. The topological polar surface area (TPSA) is 29.5 Å². The molecule has 1 aliphatic heterocycles. The van der Waals surface area contributed by atoms with Crippen LogP contribution < -0.4 is 0 Å². The molecule has 0 bridgehead atoms. The van der Waals surface area contributed by atoms with Gasteiger partial charge in [0.1, 0.15) is 0 Å². The highest BCUT2D eigenvalue weighted by Crippen LogP contribution is 2.19. The summed E-state index contributed by atoms with van der Waals surface area (Å²) in [5, 5.41) is 0. The fraction of sp³-hybridized carbons (Fsp3) is 0.278. The van der Waals surface area contributed by atoms with Gasteiger partial charge in [-0.1, -0.05) is 54.6 Å². The quantitative estimate of drug-likeness (QED) is 0.862. The summed E-state index contributed by atoms with van der Waals surface area (Å²) in [6, 6.07) is 18.4. The van der Waals surface area contributed by atoms with Crippen molar-refractivity contribution in [2.24, 2.45) is 0 Å². The first-order valence-electron chi connectivity index (χ1n) is 7.35. The molecular formula is C18H19NO2. The van der Waals surface area contributed by atoms with E-state index in [0.717, 1.165) is 19.4 Å². The molecule has 0 spiro atoms. The zero-order valence-corrected chi connectivity index (χ0v) is 12.0. The Labute approximate surface area is 125 Å². The van der Waals surface area contributed by atoms with Gasteiger partial charge in [0.15, 0.2) is 0 Å². The molecule has 0 saturated carbocycles. The zero-order valence-electron chi connectivity index (χ0n) is 12.0. The minimum atomic E-state index is -0.208. The van der Waals surface area contributed by atoms with E-state index in [1.807, 2.05) is 42.5 Å². The standard InChI is InChI=1S/C18H19NO2/c20-18(21-13-11-15-6-2-1-3-7-15)19-12-10-16-8-4-5-9-17(16)14-19/h1-9H,10-14H2. The molecule has 1 aliphatic rings. The molecule has 0 aliphatic carbocycles. The molecule has 1 heterocycles. The average Bonchev–Trinajstić information content (AvgIpc) is 2.55. The van der Waals surface area contributed by atoms with Crippen LogP contribution in [0.25, 0.3) is 0 Å². The van der Waals surface area contributed by atoms with Crippen LogP contribution in [0.4, 0.5) is 4.79 Å². The number of nitrogens with zero attached hydrogens (tertiary/aromatic N) is 1. The van der Waals surface area contributed by atoms with Gasteiger partial charge < -0.3 is 9.64 Å². The molecule has 0 saturated heterocycles. The smallest absolute Gasteiger partial charge is 0.410 e. The van der Waals surface area contributed by atoms with Gasteiger partial charge >= 0.3 is 6.09 Å². The number of hydrogen-bond donors (Lipinski definition) is 0. The monoisotopic (exact) mass is 281 g/mol. The molecule has 0 fully saturated rings. The first kappa shape index (κ1) is 13.7. The first-order chi connectivity index (χ1) is 10.3. The van der Waals surface area contributed by atoms with Crippen LogP contribution in [0.2, 0.25) is 0 Å². The van der Waals surface area contributed by atoms with Crippen molar-refractivity contribution in [3.05, 3.63) is 71.3 Å². The molecule has 3 rings (SSSR count). The maximum atomic E-state index is 12.1. The molecule has 108 valence electrons. The number of carbonyl (C=O) groups excluding carboxylic acids is 1. The van der Waals surface area contributed by atoms with E-state index >= 15 is 0 Å². The molecule has 21 heavy (non-hydrogen) atoms. The van der Waals surface area contributed by atoms with Crippen LogP contribution in [0.1, 0.15) is 16.7 Å². The molecule has 3 heteroatoms. The predicted octanol–water partition coefficient (Wildman–Crippen LogP) is 3.42. The lowest BCUT2D eigenvalue weighted by Crippen LogP contribution is -2.36. The lowest BCUT2D eigenvalue weighted by atomic mass is 10.0. The second-order valence-corrected chi connectivity index (χ2v) is 5.29. The first-order valence-corrected chi connectivity index (χ1v) is 7.35. The van der Waals surface area contributed by atoms with E-state index in [1.165, 1.54) is 16.7 Å². The van der Waals surface area contributed by atoms with Crippen molar-refractivity contribution in [1.82, 2.24) is 4.90 Å². The third-order valence-electron chi connectivity index (χ3n) is 3.85. The Kier molecular flexibility index (Phi) is 4.20. The maximum absolute atomic E-state index is 12.1. The fourth-order valence-corrected chi connectivity index (χ4v) is 2.64. The van der Waals surface area contributed by atoms with Gasteiger partial charge in [0.2, 0.25) is 0 Å². The molecule has 0 atom stereocenters. The lowest BCUT2D eigenvalue weighted by molar-refractivity contribution is 0.0988. The Morgan fingerprint density at radius 1 is 1.00 bits per heavy atom. The van der Waals surface area contributed by atoms with E-state index in [0.29, 0.717) is 13.2 Å². The molecular weight excluding hydrogens is 262 g/mol. The van der Waals surface area contributed by atoms with E-state index in [4.69, 9.17) is 4.74 Å². The van der Waals surface area contributed by atoms with E-state index in [1.54, 1.807) is 4.90 Å². The minimum Gasteiger partial charge on any atom is -0.449 e. The SMILES string of the molecule is O=C(OCCc1ccccc1)N1CCc2ccccc2C1. The van der Waals surface area contributed by atoms with Crippen LogP contribution in [-0.4, -0.2) is 24.1 Å². The summed E-state index contributed by atoms with van der Waals surface area (Å²) >= 11 is 0. The van der Waals surface area contributed by atoms with Crippen molar-refractivity contribution >= 4 is 6.09 Å². The molecule has 1 amide bonds. The van der Waals surface area contributed by atoms with Crippen molar-refractivity contribution in [2.45, 2.75) is 19.4 Å². The number of benzene rings is 2. The summed E-state index contributed by atoms with van der Waals surface area (Å²) in [6.07, 6.45) is 1.46. The summed E-state index contributed by atoms with van der Waals surface area (Å²) in [5.41, 5.74) is 3.75. The number of rotatable bonds is 3. The van der Waals surface area contributed by atoms with Gasteiger partial charge in [-0.2, -0.15) is 0 Å². The highest BCUT2D eigenvalue weighted by molar-refractivity contribution is 5.68. The Balaban J connectivity index is 1.50. The molecule has 0 unspecified atom stereocenters. The molecule has 3 nitrogen and oxygen atoms in total. The fourth-order valence-electron chi connectivity index (χ4n) is 2.64. The number of fused-ring (bicyclic) bond motifs is 1. The number of carbonyl (C=O) groups is 1. The van der Waals surface area contributed by atoms with Gasteiger partial charge in [0.25, 0.3) is 0 Å². The number of hydrogen-bond acceptors (Lipinski definition) is 2. The Morgan fingerprint density at radius 3 is 2.52 bits per heavy atom. The highest BCUT2D eigenvalue weighted by atomic mass is 16.6. The largest absolute Gasteiger partial charge is 0.449 e. The van der Waals surface area contributed by atoms with Crippen molar-refractivity contribution in [3.8, 4) is 0 Å². The molecule has 0 radical (unpaired) electrons. The van der Waals surface area contributed by atoms with Gasteiger partial charge in [-0.15, -0.1) is 0 Å². The van der Waals surface area contributed by atoms with Crippen LogP contribution in [0.15, 0.2) is 54.6 Å². The number of amides is 1. The Bertz CT molecular complexity index is 610. The van der Waals surface area contributed by atoms with Crippen molar-refractivity contribution in [3.63, 3.8) is 0 Å². The Morgan fingerprint density at radius 2 is 1.71 bits per heavy atom. The summed E-state index contributed by atoms with van der Waals surface area (Å²) in [5.74, 6) is 0. The third kappa shape index (κ3) is 3.43.